The van der Waals surface area contributed by atoms with Gasteiger partial charge >= 0.3 is 5.97 Å². The van der Waals surface area contributed by atoms with Crippen LogP contribution in [0.25, 0.3) is 10.4 Å². The number of aliphatic hydroxyl groups excluding tert-OH is 1. The average Bonchev–Trinajstić information content (AvgIpc) is 2.35. The van der Waals surface area contributed by atoms with Crippen LogP contribution in [0.4, 0.5) is 0 Å². The minimum absolute atomic E-state index is 0.259. The lowest BCUT2D eigenvalue weighted by molar-refractivity contribution is -0.174. The number of ether oxygens (including phenoxy) is 3. The fourth-order valence-electron chi connectivity index (χ4n) is 1.54. The van der Waals surface area contributed by atoms with Crippen LogP contribution in [0.3, 0.4) is 0 Å². The molecule has 0 heterocycles. The summed E-state index contributed by atoms with van der Waals surface area (Å²) in [5.41, 5.74) is 8.17. The average molecular weight is 263 g/mol. The van der Waals surface area contributed by atoms with Gasteiger partial charge in [0.25, 0.3) is 0 Å². The van der Waals surface area contributed by atoms with Gasteiger partial charge in [0.05, 0.1) is 12.6 Å². The molecule has 0 spiro atoms. The Balaban J connectivity index is 4.94. The van der Waals surface area contributed by atoms with E-state index in [9.17, 15) is 9.90 Å². The van der Waals surface area contributed by atoms with Crippen LogP contribution in [0.1, 0.15) is 0 Å². The number of hydrogen-bond donors (Lipinski definition) is 2. The number of azide groups is 1. The van der Waals surface area contributed by atoms with Gasteiger partial charge in [0.15, 0.2) is 6.10 Å². The van der Waals surface area contributed by atoms with E-state index in [1.165, 1.54) is 21.3 Å². The van der Waals surface area contributed by atoms with Crippen molar-refractivity contribution in [3.63, 3.8) is 0 Å². The van der Waals surface area contributed by atoms with Gasteiger partial charge in [-0.1, -0.05) is 5.11 Å². The molecule has 9 nitrogen and oxygen atoms in total. The van der Waals surface area contributed by atoms with Crippen molar-refractivity contribution in [2.45, 2.75) is 24.4 Å². The third kappa shape index (κ3) is 4.47. The van der Waals surface area contributed by atoms with Crippen LogP contribution in [0.5, 0.6) is 0 Å². The number of methoxy groups -OCH3 is 3. The Hall–Kier alpha value is -1.38. The first-order valence-corrected chi connectivity index (χ1v) is 5.03. The molecule has 9 heteroatoms. The molecule has 0 saturated carbocycles. The summed E-state index contributed by atoms with van der Waals surface area (Å²) in [6, 6.07) is 0. The van der Waals surface area contributed by atoms with Crippen molar-refractivity contribution < 1.29 is 29.2 Å². The number of carboxylic acids is 1. The minimum atomic E-state index is -1.30. The molecule has 0 rings (SSSR count). The highest BCUT2D eigenvalue weighted by Gasteiger charge is 2.38. The van der Waals surface area contributed by atoms with Crippen LogP contribution in [0.2, 0.25) is 0 Å². The number of nitrogens with zero attached hydrogens (tertiary/aromatic N) is 3. The number of carboxylic acid groups (broad SMARTS) is 1. The van der Waals surface area contributed by atoms with Crippen molar-refractivity contribution in [3.05, 3.63) is 10.4 Å². The topological polar surface area (TPSA) is 134 Å². The second-order valence-electron chi connectivity index (χ2n) is 3.38. The second kappa shape index (κ2) is 8.67. The minimum Gasteiger partial charge on any atom is -0.479 e. The quantitative estimate of drug-likeness (QED) is 0.335. The molecule has 0 aliphatic carbocycles. The zero-order valence-corrected chi connectivity index (χ0v) is 10.4. The smallest absolute Gasteiger partial charge is 0.335 e. The van der Waals surface area contributed by atoms with E-state index in [0.29, 0.717) is 0 Å². The van der Waals surface area contributed by atoms with Crippen molar-refractivity contribution in [1.29, 1.82) is 0 Å². The van der Waals surface area contributed by atoms with Gasteiger partial charge in [0.2, 0.25) is 0 Å². The number of carbonyl (C=O) groups is 1. The molecule has 0 aromatic carbocycles. The summed E-state index contributed by atoms with van der Waals surface area (Å²) in [4.78, 5) is 13.5. The van der Waals surface area contributed by atoms with Crippen LogP contribution in [0, 0.1) is 0 Å². The third-order valence-corrected chi connectivity index (χ3v) is 2.38. The Labute approximate surface area is 104 Å². The monoisotopic (exact) mass is 263 g/mol. The lowest BCUT2D eigenvalue weighted by Gasteiger charge is -2.31. The number of hydrogen-bond acceptors (Lipinski definition) is 6. The fraction of sp³-hybridized carbons (Fsp3) is 0.889. The lowest BCUT2D eigenvalue weighted by Crippen LogP contribution is -2.51. The third-order valence-electron chi connectivity index (χ3n) is 2.38. The maximum absolute atomic E-state index is 11.0. The Morgan fingerprint density at radius 2 is 1.83 bits per heavy atom. The zero-order valence-electron chi connectivity index (χ0n) is 10.4. The van der Waals surface area contributed by atoms with Crippen LogP contribution < -0.4 is 0 Å². The van der Waals surface area contributed by atoms with Gasteiger partial charge in [-0.15, -0.1) is 0 Å². The van der Waals surface area contributed by atoms with Crippen LogP contribution in [-0.4, -0.2) is 68.5 Å². The van der Waals surface area contributed by atoms with E-state index < -0.39 is 30.4 Å². The first-order valence-electron chi connectivity index (χ1n) is 5.03. The number of rotatable bonds is 9. The number of aliphatic carboxylic acids is 1. The number of aliphatic hydroxyl groups is 1. The Kier molecular flexibility index (Phi) is 8.01. The van der Waals surface area contributed by atoms with Crippen molar-refractivity contribution >= 4 is 5.97 Å². The van der Waals surface area contributed by atoms with Crippen molar-refractivity contribution in [1.82, 2.24) is 0 Å². The summed E-state index contributed by atoms with van der Waals surface area (Å²) >= 11 is 0. The molecule has 0 saturated heterocycles. The summed E-state index contributed by atoms with van der Waals surface area (Å²) in [5.74, 6) is -1.25. The van der Waals surface area contributed by atoms with Gasteiger partial charge < -0.3 is 24.4 Å². The molecular weight excluding hydrogens is 246 g/mol. The molecule has 2 N–H and O–H groups in total. The van der Waals surface area contributed by atoms with E-state index in [4.69, 9.17) is 24.8 Å². The molecular formula is C9H17N3O6. The highest BCUT2D eigenvalue weighted by atomic mass is 16.6. The molecule has 104 valence electrons. The summed E-state index contributed by atoms with van der Waals surface area (Å²) in [6.07, 6.45) is -4.54. The summed E-state index contributed by atoms with van der Waals surface area (Å²) in [6.45, 7) is -0.259. The van der Waals surface area contributed by atoms with E-state index in [2.05, 4.69) is 10.0 Å². The highest BCUT2D eigenvalue weighted by Crippen LogP contribution is 2.15. The normalized spacial score (nSPS) is 17.3. The second-order valence-corrected chi connectivity index (χ2v) is 3.38. The SMILES string of the molecule is CO[C@H]([C@H](OC)[C@@H](OC)C(=O)O)[C@H](O)CN=[N+]=[N-]. The van der Waals surface area contributed by atoms with E-state index in [0.717, 1.165) is 0 Å². The summed E-state index contributed by atoms with van der Waals surface area (Å²) < 4.78 is 14.8. The zero-order chi connectivity index (χ0) is 14.1. The largest absolute Gasteiger partial charge is 0.479 e. The molecule has 0 aromatic heterocycles. The standard InChI is InChI=1S/C9H17N3O6/c1-16-6(5(13)4-11-12-10)7(17-2)8(18-3)9(14)15/h5-8,13H,4H2,1-3H3,(H,14,15)/t5-,6+,7+,8-/m1/s1. The molecule has 0 unspecified atom stereocenters. The van der Waals surface area contributed by atoms with E-state index in [1.807, 2.05) is 0 Å². The van der Waals surface area contributed by atoms with E-state index >= 15 is 0 Å². The highest BCUT2D eigenvalue weighted by molar-refractivity contribution is 5.73. The van der Waals surface area contributed by atoms with Gasteiger partial charge in [-0.25, -0.2) is 4.79 Å². The lowest BCUT2D eigenvalue weighted by atomic mass is 10.0. The molecule has 0 bridgehead atoms. The molecule has 0 aliphatic heterocycles. The maximum Gasteiger partial charge on any atom is 0.335 e. The van der Waals surface area contributed by atoms with Gasteiger partial charge in [-0.3, -0.25) is 0 Å². The van der Waals surface area contributed by atoms with Crippen LogP contribution in [0.15, 0.2) is 5.11 Å². The van der Waals surface area contributed by atoms with Crippen LogP contribution in [-0.2, 0) is 19.0 Å². The Morgan fingerprint density at radius 1 is 1.28 bits per heavy atom. The summed E-state index contributed by atoms with van der Waals surface area (Å²) in [5, 5.41) is 21.9. The van der Waals surface area contributed by atoms with E-state index in [1.54, 1.807) is 0 Å². The molecule has 0 aromatic rings. The van der Waals surface area contributed by atoms with Gasteiger partial charge in [0.1, 0.15) is 12.2 Å². The fourth-order valence-corrected chi connectivity index (χ4v) is 1.54. The maximum atomic E-state index is 11.0. The predicted molar refractivity (Wildman–Crippen MR) is 60.0 cm³/mol. The first kappa shape index (κ1) is 16.6. The predicted octanol–water partition coefficient (Wildman–Crippen LogP) is -0.213. The molecule has 18 heavy (non-hydrogen) atoms. The molecule has 4 atom stereocenters. The first-order chi connectivity index (χ1) is 8.53. The van der Waals surface area contributed by atoms with Crippen molar-refractivity contribution in [2.24, 2.45) is 5.11 Å². The van der Waals surface area contributed by atoms with E-state index in [-0.39, 0.29) is 6.54 Å². The van der Waals surface area contributed by atoms with Gasteiger partial charge in [0, 0.05) is 26.2 Å². The molecule has 0 fully saturated rings. The Bertz CT molecular complexity index is 307. The van der Waals surface area contributed by atoms with Gasteiger partial charge in [-0.2, -0.15) is 0 Å². The van der Waals surface area contributed by atoms with Gasteiger partial charge in [-0.05, 0) is 5.53 Å². The Morgan fingerprint density at radius 3 is 2.17 bits per heavy atom. The summed E-state index contributed by atoms with van der Waals surface area (Å²) in [7, 11) is 3.76. The molecule has 0 amide bonds. The molecule has 0 radical (unpaired) electrons. The van der Waals surface area contributed by atoms with Crippen molar-refractivity contribution in [3.8, 4) is 0 Å². The van der Waals surface area contributed by atoms with Crippen LogP contribution >= 0.6 is 0 Å². The molecule has 0 aliphatic rings. The van der Waals surface area contributed by atoms with Crippen molar-refractivity contribution in [2.75, 3.05) is 27.9 Å².